The van der Waals surface area contributed by atoms with Gasteiger partial charge in [-0.1, -0.05) is 37.2 Å². The lowest BCUT2D eigenvalue weighted by Gasteiger charge is -2.23. The molecule has 1 saturated carbocycles. The van der Waals surface area contributed by atoms with Gasteiger partial charge < -0.3 is 5.32 Å². The van der Waals surface area contributed by atoms with Crippen molar-refractivity contribution < 1.29 is 0 Å². The fourth-order valence-electron chi connectivity index (χ4n) is 2.41. The summed E-state index contributed by atoms with van der Waals surface area (Å²) in [6.07, 6.45) is 8.31. The minimum absolute atomic E-state index is 0.0378. The van der Waals surface area contributed by atoms with Gasteiger partial charge in [0.15, 0.2) is 0 Å². The topological polar surface area (TPSA) is 84.6 Å². The Bertz CT molecular complexity index is 284. The molecule has 5 heteroatoms. The van der Waals surface area contributed by atoms with E-state index >= 15 is 0 Å². The van der Waals surface area contributed by atoms with Crippen LogP contribution in [-0.2, 0) is 0 Å². The predicted molar refractivity (Wildman–Crippen MR) is 67.2 cm³/mol. The largest absolute Gasteiger partial charge is 0.302 e. The highest BCUT2D eigenvalue weighted by Crippen LogP contribution is 2.27. The van der Waals surface area contributed by atoms with E-state index in [0.29, 0.717) is 6.54 Å². The van der Waals surface area contributed by atoms with E-state index in [9.17, 15) is 0 Å². The first-order valence-corrected chi connectivity index (χ1v) is 6.50. The van der Waals surface area contributed by atoms with Crippen molar-refractivity contribution in [1.29, 1.82) is 5.26 Å². The van der Waals surface area contributed by atoms with Crippen LogP contribution in [0.3, 0.4) is 0 Å². The van der Waals surface area contributed by atoms with Crippen molar-refractivity contribution in [2.24, 2.45) is 11.0 Å². The van der Waals surface area contributed by atoms with Crippen molar-refractivity contribution >= 4 is 0 Å². The highest BCUT2D eigenvalue weighted by atomic mass is 15.1. The van der Waals surface area contributed by atoms with Gasteiger partial charge in [-0.2, -0.15) is 5.26 Å². The van der Waals surface area contributed by atoms with E-state index in [1.807, 2.05) is 0 Å². The quantitative estimate of drug-likeness (QED) is 0.318. The van der Waals surface area contributed by atoms with Crippen molar-refractivity contribution in [3.05, 3.63) is 10.4 Å². The molecule has 1 aliphatic carbocycles. The molecule has 1 fully saturated rings. The van der Waals surface area contributed by atoms with Crippen molar-refractivity contribution in [2.75, 3.05) is 13.1 Å². The number of nitrogens with one attached hydrogen (secondary N) is 1. The molecule has 1 N–H and O–H groups in total. The monoisotopic (exact) mass is 235 g/mol. The third-order valence-electron chi connectivity index (χ3n) is 3.34. The molecule has 0 aromatic heterocycles. The van der Waals surface area contributed by atoms with Crippen LogP contribution in [0.4, 0.5) is 0 Å². The number of rotatable bonds is 7. The van der Waals surface area contributed by atoms with Crippen LogP contribution in [0.25, 0.3) is 10.4 Å². The first-order valence-electron chi connectivity index (χ1n) is 6.50. The smallest absolute Gasteiger partial charge is 0.0955 e. The van der Waals surface area contributed by atoms with Crippen LogP contribution >= 0.6 is 0 Å². The molecular weight excluding hydrogens is 214 g/mol. The lowest BCUT2D eigenvalue weighted by atomic mass is 9.85. The number of azide groups is 1. The second-order valence-electron chi connectivity index (χ2n) is 4.68. The van der Waals surface area contributed by atoms with E-state index in [1.54, 1.807) is 0 Å². The van der Waals surface area contributed by atoms with Gasteiger partial charge in [0.25, 0.3) is 0 Å². The Morgan fingerprint density at radius 3 is 2.82 bits per heavy atom. The van der Waals surface area contributed by atoms with Crippen molar-refractivity contribution in [3.63, 3.8) is 0 Å². The van der Waals surface area contributed by atoms with Gasteiger partial charge in [0.1, 0.15) is 0 Å². The van der Waals surface area contributed by atoms with E-state index in [-0.39, 0.29) is 6.04 Å². The number of nitrogens with zero attached hydrogens (tertiary/aromatic N) is 4. The molecular formula is C12H21N5. The van der Waals surface area contributed by atoms with Crippen LogP contribution in [0.15, 0.2) is 5.11 Å². The third kappa shape index (κ3) is 6.15. The number of nitriles is 1. The van der Waals surface area contributed by atoms with Gasteiger partial charge in [-0.15, -0.1) is 0 Å². The van der Waals surface area contributed by atoms with Crippen LogP contribution in [0.2, 0.25) is 0 Å². The predicted octanol–water partition coefficient (Wildman–Crippen LogP) is 3.14. The lowest BCUT2D eigenvalue weighted by molar-refractivity contribution is 0.317. The van der Waals surface area contributed by atoms with Gasteiger partial charge in [-0.3, -0.25) is 0 Å². The Kier molecular flexibility index (Phi) is 7.20. The summed E-state index contributed by atoms with van der Waals surface area (Å²) in [6.45, 7) is 1.26. The van der Waals surface area contributed by atoms with E-state index in [0.717, 1.165) is 25.3 Å². The normalized spacial score (nSPS) is 18.1. The maximum atomic E-state index is 9.06. The highest BCUT2D eigenvalue weighted by molar-refractivity contribution is 4.91. The van der Waals surface area contributed by atoms with Crippen LogP contribution in [-0.4, -0.2) is 19.1 Å². The molecule has 1 unspecified atom stereocenters. The zero-order chi connectivity index (χ0) is 12.3. The SMILES string of the molecule is N#CC(CC1CCCCC1)NCCCN=[N+]=[N-]. The minimum atomic E-state index is -0.0378. The molecule has 0 spiro atoms. The van der Waals surface area contributed by atoms with Crippen molar-refractivity contribution in [3.8, 4) is 6.07 Å². The molecule has 0 aromatic carbocycles. The molecule has 1 rings (SSSR count). The molecule has 17 heavy (non-hydrogen) atoms. The molecule has 1 atom stereocenters. The average Bonchev–Trinajstić information content (AvgIpc) is 2.38. The van der Waals surface area contributed by atoms with Crippen molar-refractivity contribution in [2.45, 2.75) is 51.0 Å². The maximum absolute atomic E-state index is 9.06. The van der Waals surface area contributed by atoms with Gasteiger partial charge in [0.2, 0.25) is 0 Å². The van der Waals surface area contributed by atoms with Gasteiger partial charge in [-0.05, 0) is 30.8 Å². The standard InChI is InChI=1S/C12H21N5/c13-10-12(15-7-4-8-16-17-14)9-11-5-2-1-3-6-11/h11-12,15H,1-9H2. The summed E-state index contributed by atoms with van der Waals surface area (Å²) in [5, 5.41) is 15.8. The molecule has 94 valence electrons. The molecule has 0 aromatic rings. The van der Waals surface area contributed by atoms with Crippen LogP contribution in [0.5, 0.6) is 0 Å². The molecule has 1 aliphatic rings. The van der Waals surface area contributed by atoms with E-state index in [1.165, 1.54) is 32.1 Å². The number of hydrogen-bond acceptors (Lipinski definition) is 3. The zero-order valence-corrected chi connectivity index (χ0v) is 10.3. The van der Waals surface area contributed by atoms with Crippen molar-refractivity contribution in [1.82, 2.24) is 5.32 Å². The van der Waals surface area contributed by atoms with Gasteiger partial charge in [0.05, 0.1) is 12.1 Å². The van der Waals surface area contributed by atoms with Gasteiger partial charge >= 0.3 is 0 Å². The van der Waals surface area contributed by atoms with Crippen LogP contribution < -0.4 is 5.32 Å². The van der Waals surface area contributed by atoms with E-state index in [2.05, 4.69) is 21.4 Å². The van der Waals surface area contributed by atoms with Gasteiger partial charge in [0, 0.05) is 11.5 Å². The first kappa shape index (κ1) is 13.8. The van der Waals surface area contributed by atoms with E-state index in [4.69, 9.17) is 10.8 Å². The lowest BCUT2D eigenvalue weighted by Crippen LogP contribution is -2.31. The molecule has 0 aliphatic heterocycles. The van der Waals surface area contributed by atoms with Crippen LogP contribution in [0.1, 0.15) is 44.9 Å². The molecule has 0 amide bonds. The third-order valence-corrected chi connectivity index (χ3v) is 3.34. The highest BCUT2D eigenvalue weighted by Gasteiger charge is 2.18. The summed E-state index contributed by atoms with van der Waals surface area (Å²) in [6, 6.07) is 2.29. The Labute approximate surface area is 103 Å². The summed E-state index contributed by atoms with van der Waals surface area (Å²) < 4.78 is 0. The fraction of sp³-hybridized carbons (Fsp3) is 0.917. The summed E-state index contributed by atoms with van der Waals surface area (Å²) >= 11 is 0. The Hall–Kier alpha value is -1.24. The Morgan fingerprint density at radius 2 is 2.18 bits per heavy atom. The first-order chi connectivity index (χ1) is 8.36. The minimum Gasteiger partial charge on any atom is -0.302 e. The summed E-state index contributed by atoms with van der Waals surface area (Å²) in [7, 11) is 0. The molecule has 0 heterocycles. The summed E-state index contributed by atoms with van der Waals surface area (Å²) in [4.78, 5) is 2.70. The second kappa shape index (κ2) is 8.86. The molecule has 5 nitrogen and oxygen atoms in total. The maximum Gasteiger partial charge on any atom is 0.0955 e. The van der Waals surface area contributed by atoms with Crippen LogP contribution in [0, 0.1) is 17.2 Å². The Balaban J connectivity index is 2.14. The zero-order valence-electron chi connectivity index (χ0n) is 10.3. The summed E-state index contributed by atoms with van der Waals surface area (Å²) in [5.41, 5.74) is 8.12. The molecule has 0 radical (unpaired) electrons. The molecule has 0 saturated heterocycles. The average molecular weight is 235 g/mol. The number of hydrogen-bond donors (Lipinski definition) is 1. The van der Waals surface area contributed by atoms with E-state index < -0.39 is 0 Å². The second-order valence-corrected chi connectivity index (χ2v) is 4.68. The Morgan fingerprint density at radius 1 is 1.41 bits per heavy atom. The van der Waals surface area contributed by atoms with Gasteiger partial charge in [-0.25, -0.2) is 0 Å². The molecule has 0 bridgehead atoms. The summed E-state index contributed by atoms with van der Waals surface area (Å²) in [5.74, 6) is 0.720. The fourth-order valence-corrected chi connectivity index (χ4v) is 2.41.